The number of carbonyl (C=O) groups excluding carboxylic acids is 1. The number of hydrogen-bond donors (Lipinski definition) is 1. The zero-order chi connectivity index (χ0) is 19.7. The van der Waals surface area contributed by atoms with Crippen molar-refractivity contribution in [3.05, 3.63) is 78.4 Å². The van der Waals surface area contributed by atoms with Crippen LogP contribution in [0.15, 0.2) is 82.1 Å². The Labute approximate surface area is 162 Å². The van der Waals surface area contributed by atoms with Crippen LogP contribution in [0.5, 0.6) is 0 Å². The highest BCUT2D eigenvalue weighted by molar-refractivity contribution is 7.92. The summed E-state index contributed by atoms with van der Waals surface area (Å²) >= 11 is 0. The maximum atomic E-state index is 12.8. The second kappa shape index (κ2) is 6.98. The van der Waals surface area contributed by atoms with Crippen LogP contribution >= 0.6 is 0 Å². The summed E-state index contributed by atoms with van der Waals surface area (Å²) in [6.45, 7) is 1.47. The SMILES string of the molecule is CC(=O)/C=C/c1ccc(NS(=O)(=O)c2ccc3oc4ccccc4c3c2)cc1. The Morgan fingerprint density at radius 3 is 2.39 bits per heavy atom. The zero-order valence-corrected chi connectivity index (χ0v) is 15.9. The van der Waals surface area contributed by atoms with Crippen molar-refractivity contribution >= 4 is 49.5 Å². The van der Waals surface area contributed by atoms with E-state index in [2.05, 4.69) is 4.72 Å². The Morgan fingerprint density at radius 2 is 1.64 bits per heavy atom. The number of carbonyl (C=O) groups is 1. The predicted molar refractivity (Wildman–Crippen MR) is 111 cm³/mol. The fourth-order valence-corrected chi connectivity index (χ4v) is 4.05. The fraction of sp³-hybridized carbons (Fsp3) is 0.0455. The first kappa shape index (κ1) is 18.0. The van der Waals surface area contributed by atoms with E-state index < -0.39 is 10.0 Å². The second-order valence-electron chi connectivity index (χ2n) is 6.43. The zero-order valence-electron chi connectivity index (χ0n) is 15.0. The molecule has 0 spiro atoms. The summed E-state index contributed by atoms with van der Waals surface area (Å²) in [6.07, 6.45) is 3.14. The number of fused-ring (bicyclic) bond motifs is 3. The van der Waals surface area contributed by atoms with E-state index >= 15 is 0 Å². The molecule has 0 saturated heterocycles. The molecule has 0 unspecified atom stereocenters. The van der Waals surface area contributed by atoms with Crippen molar-refractivity contribution in [1.29, 1.82) is 0 Å². The molecule has 0 aliphatic carbocycles. The van der Waals surface area contributed by atoms with E-state index in [4.69, 9.17) is 4.42 Å². The number of sulfonamides is 1. The second-order valence-corrected chi connectivity index (χ2v) is 8.11. The van der Waals surface area contributed by atoms with Crippen LogP contribution in [-0.4, -0.2) is 14.2 Å². The van der Waals surface area contributed by atoms with Gasteiger partial charge in [0.05, 0.1) is 4.90 Å². The van der Waals surface area contributed by atoms with Crippen LogP contribution in [0.3, 0.4) is 0 Å². The lowest BCUT2D eigenvalue weighted by Crippen LogP contribution is -2.12. The molecule has 3 aromatic carbocycles. The molecule has 1 heterocycles. The summed E-state index contributed by atoms with van der Waals surface area (Å²) in [4.78, 5) is 11.2. The van der Waals surface area contributed by atoms with Crippen molar-refractivity contribution in [3.8, 4) is 0 Å². The summed E-state index contributed by atoms with van der Waals surface area (Å²) < 4.78 is 33.9. The van der Waals surface area contributed by atoms with E-state index in [0.29, 0.717) is 16.9 Å². The molecule has 28 heavy (non-hydrogen) atoms. The molecule has 5 nitrogen and oxygen atoms in total. The van der Waals surface area contributed by atoms with Gasteiger partial charge in [-0.3, -0.25) is 9.52 Å². The van der Waals surface area contributed by atoms with Crippen LogP contribution in [0.1, 0.15) is 12.5 Å². The summed E-state index contributed by atoms with van der Waals surface area (Å²) in [7, 11) is -3.75. The first-order chi connectivity index (χ1) is 13.4. The highest BCUT2D eigenvalue weighted by Gasteiger charge is 2.17. The number of anilines is 1. The van der Waals surface area contributed by atoms with Gasteiger partial charge in [0, 0.05) is 16.5 Å². The first-order valence-corrected chi connectivity index (χ1v) is 10.1. The van der Waals surface area contributed by atoms with Gasteiger partial charge in [0.1, 0.15) is 11.2 Å². The van der Waals surface area contributed by atoms with Gasteiger partial charge < -0.3 is 4.42 Å². The minimum atomic E-state index is -3.75. The molecule has 1 N–H and O–H groups in total. The van der Waals surface area contributed by atoms with Crippen LogP contribution < -0.4 is 4.72 Å². The molecule has 140 valence electrons. The van der Waals surface area contributed by atoms with Crippen molar-refractivity contribution < 1.29 is 17.6 Å². The number of furan rings is 1. The van der Waals surface area contributed by atoms with Gasteiger partial charge in [-0.15, -0.1) is 0 Å². The number of nitrogens with one attached hydrogen (secondary N) is 1. The van der Waals surface area contributed by atoms with Crippen LogP contribution in [0, 0.1) is 0 Å². The third-order valence-corrected chi connectivity index (χ3v) is 5.71. The fourth-order valence-electron chi connectivity index (χ4n) is 2.96. The van der Waals surface area contributed by atoms with E-state index in [1.807, 2.05) is 24.3 Å². The Balaban J connectivity index is 1.64. The van der Waals surface area contributed by atoms with E-state index in [9.17, 15) is 13.2 Å². The van der Waals surface area contributed by atoms with Crippen LogP contribution in [0.25, 0.3) is 28.0 Å². The van der Waals surface area contributed by atoms with E-state index in [1.54, 1.807) is 42.5 Å². The monoisotopic (exact) mass is 391 g/mol. The van der Waals surface area contributed by atoms with Gasteiger partial charge in [0.25, 0.3) is 10.0 Å². The maximum Gasteiger partial charge on any atom is 0.261 e. The molecule has 0 bridgehead atoms. The lowest BCUT2D eigenvalue weighted by atomic mass is 10.1. The van der Waals surface area contributed by atoms with Crippen molar-refractivity contribution in [2.75, 3.05) is 4.72 Å². The molecule has 0 saturated carbocycles. The molecule has 0 fully saturated rings. The van der Waals surface area contributed by atoms with Gasteiger partial charge in [-0.25, -0.2) is 8.42 Å². The predicted octanol–water partition coefficient (Wildman–Crippen LogP) is 4.99. The molecule has 0 amide bonds. The Bertz CT molecular complexity index is 1320. The van der Waals surface area contributed by atoms with Gasteiger partial charge in [0.2, 0.25) is 0 Å². The summed E-state index contributed by atoms with van der Waals surface area (Å²) in [5, 5.41) is 1.62. The van der Waals surface area contributed by atoms with Crippen molar-refractivity contribution in [1.82, 2.24) is 0 Å². The number of ketones is 1. The average molecular weight is 391 g/mol. The largest absolute Gasteiger partial charge is 0.456 e. The third kappa shape index (κ3) is 3.54. The molecular formula is C22H17NO4S. The molecule has 0 aliphatic heterocycles. The standard InChI is InChI=1S/C22H17NO4S/c1-15(24)6-7-16-8-10-17(11-9-16)23-28(25,26)18-12-13-22-20(14-18)19-4-2-3-5-21(19)27-22/h2-14,23H,1H3/b7-6+. The number of benzene rings is 3. The molecule has 4 rings (SSSR count). The van der Waals surface area contributed by atoms with Gasteiger partial charge in [-0.2, -0.15) is 0 Å². The number of para-hydroxylation sites is 1. The minimum Gasteiger partial charge on any atom is -0.456 e. The average Bonchev–Trinajstić information content (AvgIpc) is 3.05. The van der Waals surface area contributed by atoms with Gasteiger partial charge in [0.15, 0.2) is 5.78 Å². The number of hydrogen-bond acceptors (Lipinski definition) is 4. The van der Waals surface area contributed by atoms with E-state index in [0.717, 1.165) is 16.3 Å². The van der Waals surface area contributed by atoms with Gasteiger partial charge in [-0.05, 0) is 55.0 Å². The van der Waals surface area contributed by atoms with Crippen molar-refractivity contribution in [3.63, 3.8) is 0 Å². The highest BCUT2D eigenvalue weighted by Crippen LogP contribution is 2.30. The third-order valence-electron chi connectivity index (χ3n) is 4.33. The Kier molecular flexibility index (Phi) is 4.49. The molecule has 6 heteroatoms. The Hall–Kier alpha value is -3.38. The highest BCUT2D eigenvalue weighted by atomic mass is 32.2. The number of allylic oxidation sites excluding steroid dienone is 1. The molecule has 1 aromatic heterocycles. The smallest absolute Gasteiger partial charge is 0.261 e. The van der Waals surface area contributed by atoms with Crippen LogP contribution in [0.4, 0.5) is 5.69 Å². The van der Waals surface area contributed by atoms with Crippen LogP contribution in [-0.2, 0) is 14.8 Å². The molecule has 0 atom stereocenters. The first-order valence-electron chi connectivity index (χ1n) is 8.65. The van der Waals surface area contributed by atoms with Crippen LogP contribution in [0.2, 0.25) is 0 Å². The quantitative estimate of drug-likeness (QED) is 0.486. The van der Waals surface area contributed by atoms with Gasteiger partial charge >= 0.3 is 0 Å². The lowest BCUT2D eigenvalue weighted by Gasteiger charge is -2.08. The minimum absolute atomic E-state index is 0.0491. The van der Waals surface area contributed by atoms with Crippen molar-refractivity contribution in [2.45, 2.75) is 11.8 Å². The van der Waals surface area contributed by atoms with Gasteiger partial charge in [-0.1, -0.05) is 36.4 Å². The van der Waals surface area contributed by atoms with Crippen molar-refractivity contribution in [2.24, 2.45) is 0 Å². The van der Waals surface area contributed by atoms with E-state index in [1.165, 1.54) is 19.1 Å². The molecule has 0 aliphatic rings. The van der Waals surface area contributed by atoms with E-state index in [-0.39, 0.29) is 10.7 Å². The molecule has 4 aromatic rings. The summed E-state index contributed by atoms with van der Waals surface area (Å²) in [6, 6.07) is 19.1. The number of rotatable bonds is 5. The lowest BCUT2D eigenvalue weighted by molar-refractivity contribution is -0.112. The molecular weight excluding hydrogens is 374 g/mol. The summed E-state index contributed by atoms with van der Waals surface area (Å²) in [5.74, 6) is -0.0491. The Morgan fingerprint density at radius 1 is 0.929 bits per heavy atom. The topological polar surface area (TPSA) is 76.4 Å². The maximum absolute atomic E-state index is 12.8. The summed E-state index contributed by atoms with van der Waals surface area (Å²) in [5.41, 5.74) is 2.61. The normalized spacial score (nSPS) is 12.0. The molecule has 0 radical (unpaired) electrons.